The van der Waals surface area contributed by atoms with E-state index < -0.39 is 0 Å². The van der Waals surface area contributed by atoms with Crippen LogP contribution in [-0.4, -0.2) is 19.9 Å². The van der Waals surface area contributed by atoms with Crippen LogP contribution in [0.3, 0.4) is 0 Å². The first kappa shape index (κ1) is 17.4. The van der Waals surface area contributed by atoms with Crippen LogP contribution in [0, 0.1) is 20.8 Å². The maximum Gasteiger partial charge on any atom is 0.298 e. The van der Waals surface area contributed by atoms with Crippen molar-refractivity contribution in [1.82, 2.24) is 14.0 Å². The molecule has 136 valence electrons. The minimum absolute atomic E-state index is 0.287. The number of hydrogen-bond donors (Lipinski definition) is 0. The number of imidazole rings is 1. The summed E-state index contributed by atoms with van der Waals surface area (Å²) in [6.07, 6.45) is 3.67. The fraction of sp³-hybridized carbons (Fsp3) is 0.190. The van der Waals surface area contributed by atoms with Crippen LogP contribution in [0.5, 0.6) is 0 Å². The smallest absolute Gasteiger partial charge is 0.298 e. The van der Waals surface area contributed by atoms with Gasteiger partial charge in [0, 0.05) is 12.7 Å². The molecular formula is C21H20N4OS. The second-order valence-corrected chi connectivity index (χ2v) is 7.58. The van der Waals surface area contributed by atoms with Crippen LogP contribution in [0.25, 0.3) is 15.9 Å². The Morgan fingerprint density at radius 3 is 2.89 bits per heavy atom. The topological polar surface area (TPSA) is 51.7 Å². The normalized spacial score (nSPS) is 12.2. The molecule has 3 aromatic heterocycles. The quantitative estimate of drug-likeness (QED) is 0.503. The molecule has 0 aliphatic carbocycles. The van der Waals surface area contributed by atoms with Gasteiger partial charge in [-0.3, -0.25) is 9.20 Å². The van der Waals surface area contributed by atoms with Crippen molar-refractivity contribution in [2.45, 2.75) is 27.3 Å². The molecule has 1 amide bonds. The number of carbonyl (C=O) groups excluding carboxylic acids is 1. The maximum absolute atomic E-state index is 13.0. The predicted octanol–water partition coefficient (Wildman–Crippen LogP) is 4.20. The Balaban J connectivity index is 1.95. The third kappa shape index (κ3) is 2.92. The third-order valence-corrected chi connectivity index (χ3v) is 5.76. The molecule has 0 N–H and O–H groups in total. The van der Waals surface area contributed by atoms with Gasteiger partial charge in [-0.2, -0.15) is 4.99 Å². The maximum atomic E-state index is 13.0. The predicted molar refractivity (Wildman–Crippen MR) is 109 cm³/mol. The van der Waals surface area contributed by atoms with E-state index >= 15 is 0 Å². The first-order valence-electron chi connectivity index (χ1n) is 8.74. The van der Waals surface area contributed by atoms with Crippen LogP contribution in [0.15, 0.2) is 54.2 Å². The van der Waals surface area contributed by atoms with Crippen molar-refractivity contribution >= 4 is 33.1 Å². The van der Waals surface area contributed by atoms with E-state index in [0.717, 1.165) is 15.9 Å². The average Bonchev–Trinajstić information content (AvgIpc) is 3.13. The van der Waals surface area contributed by atoms with Crippen molar-refractivity contribution in [2.24, 2.45) is 4.99 Å². The molecule has 3 heterocycles. The molecule has 4 aromatic rings. The zero-order chi connectivity index (χ0) is 19.1. The molecule has 0 saturated carbocycles. The van der Waals surface area contributed by atoms with Crippen molar-refractivity contribution in [3.05, 3.63) is 76.5 Å². The number of nitrogens with zero attached hydrogens (tertiary/aromatic N) is 4. The molecule has 4 rings (SSSR count). The highest BCUT2D eigenvalue weighted by atomic mass is 32.1. The van der Waals surface area contributed by atoms with Gasteiger partial charge in [0.2, 0.25) is 0 Å². The number of aryl methyl sites for hydroxylation is 3. The third-order valence-electron chi connectivity index (χ3n) is 4.53. The highest BCUT2D eigenvalue weighted by Crippen LogP contribution is 2.23. The Labute approximate surface area is 160 Å². The molecule has 0 spiro atoms. The van der Waals surface area contributed by atoms with Crippen molar-refractivity contribution in [1.29, 1.82) is 0 Å². The van der Waals surface area contributed by atoms with Gasteiger partial charge >= 0.3 is 0 Å². The van der Waals surface area contributed by atoms with Crippen LogP contribution in [0.4, 0.5) is 0 Å². The fourth-order valence-corrected chi connectivity index (χ4v) is 4.50. The highest BCUT2D eigenvalue weighted by molar-refractivity contribution is 7.16. The van der Waals surface area contributed by atoms with Crippen LogP contribution >= 0.6 is 11.3 Å². The SMILES string of the molecule is C=CCn1c(=NC(=O)c2c(C)nc3ccccn23)sc2c(C)cc(C)cc21. The molecule has 0 radical (unpaired) electrons. The number of thiazole rings is 1. The molecule has 0 aliphatic heterocycles. The van der Waals surface area contributed by atoms with Gasteiger partial charge in [-0.15, -0.1) is 6.58 Å². The van der Waals surface area contributed by atoms with Crippen molar-refractivity contribution in [2.75, 3.05) is 0 Å². The van der Waals surface area contributed by atoms with E-state index in [0.29, 0.717) is 22.7 Å². The summed E-state index contributed by atoms with van der Waals surface area (Å²) in [6.45, 7) is 10.5. The largest absolute Gasteiger partial charge is 0.312 e. The first-order chi connectivity index (χ1) is 13.0. The molecule has 0 bridgehead atoms. The number of pyridine rings is 1. The van der Waals surface area contributed by atoms with Gasteiger partial charge < -0.3 is 4.57 Å². The van der Waals surface area contributed by atoms with Crippen molar-refractivity contribution in [3.63, 3.8) is 0 Å². The molecule has 6 heteroatoms. The van der Waals surface area contributed by atoms with Crippen molar-refractivity contribution < 1.29 is 4.79 Å². The van der Waals surface area contributed by atoms with E-state index in [1.54, 1.807) is 4.40 Å². The van der Waals surface area contributed by atoms with E-state index in [4.69, 9.17) is 0 Å². The lowest BCUT2D eigenvalue weighted by Gasteiger charge is -2.03. The Bertz CT molecular complexity index is 1270. The summed E-state index contributed by atoms with van der Waals surface area (Å²) in [5.41, 5.74) is 5.38. The van der Waals surface area contributed by atoms with Gasteiger partial charge in [-0.25, -0.2) is 4.98 Å². The molecule has 0 unspecified atom stereocenters. The number of rotatable bonds is 3. The first-order valence-corrected chi connectivity index (χ1v) is 9.55. The van der Waals surface area contributed by atoms with Crippen LogP contribution in [0.1, 0.15) is 27.3 Å². The minimum atomic E-state index is -0.287. The Morgan fingerprint density at radius 1 is 1.30 bits per heavy atom. The van der Waals surface area contributed by atoms with E-state index in [9.17, 15) is 4.79 Å². The summed E-state index contributed by atoms with van der Waals surface area (Å²) >= 11 is 1.53. The number of carbonyl (C=O) groups is 1. The number of hydrogen-bond acceptors (Lipinski definition) is 3. The standard InChI is InChI=1S/C21H20N4OS/c1-5-9-24-16-12-13(2)11-14(3)19(16)27-21(24)23-20(26)18-15(4)22-17-8-6-7-10-25(17)18/h5-8,10-12H,1,9H2,2-4H3. The molecule has 0 saturated heterocycles. The van der Waals surface area contributed by atoms with Crippen LogP contribution in [-0.2, 0) is 6.54 Å². The number of allylic oxidation sites excluding steroid dienone is 1. The second kappa shape index (κ2) is 6.63. The van der Waals surface area contributed by atoms with Gasteiger partial charge in [-0.1, -0.05) is 29.5 Å². The van der Waals surface area contributed by atoms with E-state index in [-0.39, 0.29) is 5.91 Å². The molecular weight excluding hydrogens is 356 g/mol. The summed E-state index contributed by atoms with van der Waals surface area (Å²) < 4.78 is 4.98. The molecule has 5 nitrogen and oxygen atoms in total. The van der Waals surface area contributed by atoms with E-state index in [2.05, 4.69) is 42.5 Å². The van der Waals surface area contributed by atoms with Gasteiger partial charge in [-0.05, 0) is 50.1 Å². The van der Waals surface area contributed by atoms with Gasteiger partial charge in [0.15, 0.2) is 4.80 Å². The van der Waals surface area contributed by atoms with Crippen molar-refractivity contribution in [3.8, 4) is 0 Å². The Kier molecular flexibility index (Phi) is 4.28. The molecule has 27 heavy (non-hydrogen) atoms. The lowest BCUT2D eigenvalue weighted by Crippen LogP contribution is -2.17. The summed E-state index contributed by atoms with van der Waals surface area (Å²) in [5, 5.41) is 0. The summed E-state index contributed by atoms with van der Waals surface area (Å²) in [5.74, 6) is -0.287. The van der Waals surface area contributed by atoms with E-state index in [1.807, 2.05) is 42.0 Å². The zero-order valence-corrected chi connectivity index (χ0v) is 16.4. The number of fused-ring (bicyclic) bond motifs is 2. The Morgan fingerprint density at radius 2 is 2.11 bits per heavy atom. The molecule has 0 aliphatic rings. The molecule has 0 atom stereocenters. The number of aromatic nitrogens is 3. The fourth-order valence-electron chi connectivity index (χ4n) is 3.41. The van der Waals surface area contributed by atoms with E-state index in [1.165, 1.54) is 22.5 Å². The lowest BCUT2D eigenvalue weighted by atomic mass is 10.1. The Hall–Kier alpha value is -2.99. The summed E-state index contributed by atoms with van der Waals surface area (Å²) in [7, 11) is 0. The highest BCUT2D eigenvalue weighted by Gasteiger charge is 2.17. The minimum Gasteiger partial charge on any atom is -0.312 e. The summed E-state index contributed by atoms with van der Waals surface area (Å²) in [4.78, 5) is 22.6. The zero-order valence-electron chi connectivity index (χ0n) is 15.6. The van der Waals surface area contributed by atoms with Crippen LogP contribution < -0.4 is 4.80 Å². The van der Waals surface area contributed by atoms with Gasteiger partial charge in [0.25, 0.3) is 5.91 Å². The van der Waals surface area contributed by atoms with Crippen LogP contribution in [0.2, 0.25) is 0 Å². The van der Waals surface area contributed by atoms with Gasteiger partial charge in [0.05, 0.1) is 15.9 Å². The molecule has 0 fully saturated rings. The number of benzene rings is 1. The molecule has 1 aromatic carbocycles. The average molecular weight is 376 g/mol. The lowest BCUT2D eigenvalue weighted by molar-refractivity contribution is 0.0991. The second-order valence-electron chi connectivity index (χ2n) is 6.61. The van der Waals surface area contributed by atoms with Gasteiger partial charge in [0.1, 0.15) is 11.3 Å². The summed E-state index contributed by atoms with van der Waals surface area (Å²) in [6, 6.07) is 9.95. The monoisotopic (exact) mass is 376 g/mol. The number of amides is 1.